The van der Waals surface area contributed by atoms with Crippen LogP contribution < -0.4 is 10.0 Å². The Morgan fingerprint density at radius 1 is 1.29 bits per heavy atom. The Morgan fingerprint density at radius 2 is 1.94 bits per heavy atom. The Morgan fingerprint density at radius 3 is 2.47 bits per heavy atom. The normalized spacial score (nSPS) is 12.6. The second-order valence-corrected chi connectivity index (χ2v) is 6.19. The average molecular weight is 260 g/mol. The number of nitrogens with zero attached hydrogens (tertiary/aromatic N) is 1. The highest BCUT2D eigenvalue weighted by molar-refractivity contribution is 7.89. The Kier molecular flexibility index (Phi) is 4.67. The van der Waals surface area contributed by atoms with Gasteiger partial charge in [0.1, 0.15) is 0 Å². The third kappa shape index (κ3) is 4.10. The van der Waals surface area contributed by atoms with Gasteiger partial charge in [-0.05, 0) is 13.8 Å². The molecule has 0 saturated carbocycles. The van der Waals surface area contributed by atoms with E-state index in [2.05, 4.69) is 20.2 Å². The van der Waals surface area contributed by atoms with Gasteiger partial charge in [-0.15, -0.1) is 0 Å². The first-order valence-corrected chi connectivity index (χ1v) is 7.09. The molecule has 1 heterocycles. The zero-order valence-corrected chi connectivity index (χ0v) is 11.4. The first-order valence-electron chi connectivity index (χ1n) is 5.61. The van der Waals surface area contributed by atoms with E-state index in [4.69, 9.17) is 0 Å². The molecule has 1 aromatic rings. The molecule has 0 aliphatic carbocycles. The molecule has 0 spiro atoms. The quantitative estimate of drug-likeness (QED) is 0.699. The Bertz CT molecular complexity index is 451. The van der Waals surface area contributed by atoms with Gasteiger partial charge in [0.2, 0.25) is 0 Å². The molecule has 0 aliphatic heterocycles. The summed E-state index contributed by atoms with van der Waals surface area (Å²) in [6.45, 7) is 8.03. The largest absolute Gasteiger partial charge is 0.310 e. The zero-order chi connectivity index (χ0) is 13.1. The number of aromatic amines is 1. The molecule has 0 aliphatic rings. The van der Waals surface area contributed by atoms with Crippen LogP contribution in [0.2, 0.25) is 0 Å². The first kappa shape index (κ1) is 14.1. The van der Waals surface area contributed by atoms with Crippen LogP contribution in [0.25, 0.3) is 0 Å². The van der Waals surface area contributed by atoms with Crippen molar-refractivity contribution < 1.29 is 8.42 Å². The highest BCUT2D eigenvalue weighted by Crippen LogP contribution is 2.12. The van der Waals surface area contributed by atoms with Crippen molar-refractivity contribution in [3.63, 3.8) is 0 Å². The lowest BCUT2D eigenvalue weighted by molar-refractivity contribution is 0.556. The van der Waals surface area contributed by atoms with Crippen molar-refractivity contribution in [3.05, 3.63) is 11.8 Å². The van der Waals surface area contributed by atoms with Gasteiger partial charge in [0.15, 0.2) is 5.03 Å². The minimum absolute atomic E-state index is 0.138. The summed E-state index contributed by atoms with van der Waals surface area (Å²) < 4.78 is 26.4. The van der Waals surface area contributed by atoms with Crippen molar-refractivity contribution in [2.24, 2.45) is 0 Å². The summed E-state index contributed by atoms with van der Waals surface area (Å²) in [5.74, 6) is 0. The van der Waals surface area contributed by atoms with Gasteiger partial charge in [0.25, 0.3) is 10.0 Å². The topological polar surface area (TPSA) is 86.9 Å². The Labute approximate surface area is 102 Å². The van der Waals surface area contributed by atoms with Crippen LogP contribution in [0.5, 0.6) is 0 Å². The maximum atomic E-state index is 12.0. The van der Waals surface area contributed by atoms with Gasteiger partial charge >= 0.3 is 0 Å². The van der Waals surface area contributed by atoms with Crippen molar-refractivity contribution >= 4 is 10.0 Å². The van der Waals surface area contributed by atoms with Gasteiger partial charge < -0.3 is 5.32 Å². The second kappa shape index (κ2) is 5.61. The number of H-pyrrole nitrogens is 1. The molecule has 1 rings (SSSR count). The summed E-state index contributed by atoms with van der Waals surface area (Å²) in [6.07, 6.45) is 1.53. The summed E-state index contributed by atoms with van der Waals surface area (Å²) in [5.41, 5.74) is 0.645. The fraction of sp³-hybridized carbons (Fsp3) is 0.700. The van der Waals surface area contributed by atoms with E-state index in [1.54, 1.807) is 13.8 Å². The van der Waals surface area contributed by atoms with Crippen LogP contribution in [-0.2, 0) is 16.6 Å². The average Bonchev–Trinajstić information content (AvgIpc) is 2.60. The van der Waals surface area contributed by atoms with Crippen LogP contribution in [0, 0.1) is 0 Å². The summed E-state index contributed by atoms with van der Waals surface area (Å²) >= 11 is 0. The molecule has 0 fully saturated rings. The van der Waals surface area contributed by atoms with Crippen LogP contribution in [0.1, 0.15) is 33.3 Å². The van der Waals surface area contributed by atoms with Crippen LogP contribution in [0.4, 0.5) is 0 Å². The molecule has 0 saturated heterocycles. The van der Waals surface area contributed by atoms with Gasteiger partial charge in [-0.3, -0.25) is 5.10 Å². The molecule has 0 unspecified atom stereocenters. The number of hydrogen-bond donors (Lipinski definition) is 3. The lowest BCUT2D eigenvalue weighted by Gasteiger charge is -2.11. The molecule has 98 valence electrons. The predicted molar refractivity (Wildman–Crippen MR) is 66.0 cm³/mol. The number of rotatable bonds is 6. The van der Waals surface area contributed by atoms with Gasteiger partial charge in [-0.2, -0.15) is 5.10 Å². The summed E-state index contributed by atoms with van der Waals surface area (Å²) in [4.78, 5) is 0. The molecule has 1 aromatic heterocycles. The predicted octanol–water partition coefficient (Wildman–Crippen LogP) is 0.594. The summed E-state index contributed by atoms with van der Waals surface area (Å²) in [7, 11) is -3.50. The molecule has 0 aromatic carbocycles. The molecule has 0 radical (unpaired) electrons. The molecule has 0 amide bonds. The van der Waals surface area contributed by atoms with E-state index in [-0.39, 0.29) is 11.1 Å². The first-order chi connectivity index (χ1) is 7.83. The fourth-order valence-corrected chi connectivity index (χ4v) is 2.72. The lowest BCUT2D eigenvalue weighted by Crippen LogP contribution is -2.32. The monoisotopic (exact) mass is 260 g/mol. The Balaban J connectivity index is 2.88. The van der Waals surface area contributed by atoms with Crippen LogP contribution >= 0.6 is 0 Å². The standard InChI is InChI=1S/C10H20N4O2S/c1-7(2)11-5-9-6-12-13-10(9)17(15,16)14-8(3)4/h6-8,11,14H,5H2,1-4H3,(H,12,13). The van der Waals surface area contributed by atoms with E-state index in [1.807, 2.05) is 13.8 Å². The maximum absolute atomic E-state index is 12.0. The Hall–Kier alpha value is -0.920. The third-order valence-corrected chi connectivity index (χ3v) is 3.71. The smallest absolute Gasteiger partial charge is 0.258 e. The molecule has 0 atom stereocenters. The summed E-state index contributed by atoms with van der Waals surface area (Å²) in [6, 6.07) is 0.146. The zero-order valence-electron chi connectivity index (χ0n) is 10.6. The van der Waals surface area contributed by atoms with Gasteiger partial charge in [-0.25, -0.2) is 13.1 Å². The molecule has 0 bridgehead atoms. The minimum atomic E-state index is -3.50. The highest BCUT2D eigenvalue weighted by atomic mass is 32.2. The van der Waals surface area contributed by atoms with Crippen molar-refractivity contribution in [2.45, 2.75) is 51.3 Å². The molecule has 7 heteroatoms. The number of hydrogen-bond acceptors (Lipinski definition) is 4. The van der Waals surface area contributed by atoms with E-state index in [1.165, 1.54) is 6.20 Å². The van der Waals surface area contributed by atoms with Crippen LogP contribution in [0.3, 0.4) is 0 Å². The van der Waals surface area contributed by atoms with Crippen LogP contribution in [-0.4, -0.2) is 30.7 Å². The van der Waals surface area contributed by atoms with E-state index in [9.17, 15) is 8.42 Å². The van der Waals surface area contributed by atoms with Crippen molar-refractivity contribution in [1.82, 2.24) is 20.2 Å². The van der Waals surface area contributed by atoms with Crippen molar-refractivity contribution in [1.29, 1.82) is 0 Å². The van der Waals surface area contributed by atoms with Crippen LogP contribution in [0.15, 0.2) is 11.2 Å². The number of sulfonamides is 1. The lowest BCUT2D eigenvalue weighted by atomic mass is 10.3. The third-order valence-electron chi connectivity index (χ3n) is 2.04. The van der Waals surface area contributed by atoms with Crippen molar-refractivity contribution in [2.75, 3.05) is 0 Å². The van der Waals surface area contributed by atoms with E-state index >= 15 is 0 Å². The minimum Gasteiger partial charge on any atom is -0.310 e. The fourth-order valence-electron chi connectivity index (χ4n) is 1.34. The summed E-state index contributed by atoms with van der Waals surface area (Å²) in [5, 5.41) is 9.62. The molecule has 6 nitrogen and oxygen atoms in total. The highest BCUT2D eigenvalue weighted by Gasteiger charge is 2.21. The number of nitrogens with one attached hydrogen (secondary N) is 3. The van der Waals surface area contributed by atoms with Gasteiger partial charge in [0, 0.05) is 24.2 Å². The van der Waals surface area contributed by atoms with Gasteiger partial charge in [-0.1, -0.05) is 13.8 Å². The van der Waals surface area contributed by atoms with E-state index in [0.717, 1.165) is 0 Å². The van der Waals surface area contributed by atoms with E-state index < -0.39 is 10.0 Å². The molecule has 3 N–H and O–H groups in total. The molecular formula is C10H20N4O2S. The van der Waals surface area contributed by atoms with Gasteiger partial charge in [0.05, 0.1) is 6.20 Å². The number of aromatic nitrogens is 2. The molecular weight excluding hydrogens is 240 g/mol. The SMILES string of the molecule is CC(C)NCc1cn[nH]c1S(=O)(=O)NC(C)C. The maximum Gasteiger partial charge on any atom is 0.258 e. The van der Waals surface area contributed by atoms with E-state index in [0.29, 0.717) is 18.2 Å². The second-order valence-electron chi connectivity index (χ2n) is 4.54. The molecule has 17 heavy (non-hydrogen) atoms. The van der Waals surface area contributed by atoms with Crippen molar-refractivity contribution in [3.8, 4) is 0 Å².